The molecular weight excluding hydrogens is 539 g/mol. The van der Waals surface area contributed by atoms with Crippen LogP contribution in [0.5, 0.6) is 0 Å². The third-order valence-corrected chi connectivity index (χ3v) is 7.13. The number of H-pyrrole nitrogens is 1. The quantitative estimate of drug-likeness (QED) is 0.434. The molecule has 1 N–H and O–H groups in total. The Hall–Kier alpha value is -4.86. The number of alkyl halides is 3. The lowest BCUT2D eigenvalue weighted by atomic mass is 10.1. The zero-order valence-corrected chi connectivity index (χ0v) is 21.8. The number of hydrogen-bond acceptors (Lipinski definition) is 8. The molecule has 5 rings (SSSR count). The van der Waals surface area contributed by atoms with E-state index in [1.54, 1.807) is 35.2 Å². The second kappa shape index (κ2) is 11.7. The van der Waals surface area contributed by atoms with E-state index in [0.29, 0.717) is 31.7 Å². The summed E-state index contributed by atoms with van der Waals surface area (Å²) in [5.41, 5.74) is -0.830. The SMILES string of the molecule is N#Cc1ccc(N2CCN(C(=O)C/C=C/OC[C@H]3c4ccccc4CN3c3cn[nH]c(=O)c3C(F)(F)F)CC2)nc1. The van der Waals surface area contributed by atoms with Crippen molar-refractivity contribution in [3.63, 3.8) is 0 Å². The van der Waals surface area contributed by atoms with E-state index in [1.807, 2.05) is 23.3 Å². The molecule has 212 valence electrons. The van der Waals surface area contributed by atoms with Crippen LogP contribution in [0.1, 0.15) is 34.7 Å². The monoisotopic (exact) mass is 565 g/mol. The number of pyridine rings is 1. The third-order valence-electron chi connectivity index (χ3n) is 7.13. The van der Waals surface area contributed by atoms with E-state index in [1.165, 1.54) is 17.4 Å². The number of amides is 1. The van der Waals surface area contributed by atoms with Gasteiger partial charge < -0.3 is 19.4 Å². The summed E-state index contributed by atoms with van der Waals surface area (Å²) in [5, 5.41) is 14.4. The van der Waals surface area contributed by atoms with Gasteiger partial charge in [-0.3, -0.25) is 9.59 Å². The molecule has 1 atom stereocenters. The van der Waals surface area contributed by atoms with Crippen LogP contribution in [0.4, 0.5) is 24.7 Å². The van der Waals surface area contributed by atoms with Crippen LogP contribution >= 0.6 is 0 Å². The van der Waals surface area contributed by atoms with Crippen molar-refractivity contribution in [2.24, 2.45) is 0 Å². The summed E-state index contributed by atoms with van der Waals surface area (Å²) in [6, 6.07) is 12.2. The molecule has 13 heteroatoms. The van der Waals surface area contributed by atoms with Gasteiger partial charge in [-0.05, 0) is 29.3 Å². The number of ether oxygens (including phenoxy) is 1. The highest BCUT2D eigenvalue weighted by Gasteiger charge is 2.42. The Kier molecular flexibility index (Phi) is 7.91. The molecule has 0 spiro atoms. The minimum Gasteiger partial charge on any atom is -0.499 e. The maximum absolute atomic E-state index is 13.8. The summed E-state index contributed by atoms with van der Waals surface area (Å²) in [7, 11) is 0. The van der Waals surface area contributed by atoms with Crippen molar-refractivity contribution in [2.45, 2.75) is 25.2 Å². The maximum atomic E-state index is 13.8. The van der Waals surface area contributed by atoms with Crippen LogP contribution in [0.15, 0.2) is 65.9 Å². The average Bonchev–Trinajstić information content (AvgIpc) is 3.34. The number of carbonyl (C=O) groups excluding carboxylic acids is 1. The molecule has 1 aromatic carbocycles. The van der Waals surface area contributed by atoms with Crippen LogP contribution in [0.25, 0.3) is 0 Å². The summed E-state index contributed by atoms with van der Waals surface area (Å²) < 4.78 is 47.0. The van der Waals surface area contributed by atoms with E-state index >= 15 is 0 Å². The lowest BCUT2D eigenvalue weighted by molar-refractivity contribution is -0.138. The molecule has 3 aromatic rings. The van der Waals surface area contributed by atoms with E-state index in [4.69, 9.17) is 10.00 Å². The molecule has 10 nitrogen and oxygen atoms in total. The number of halogens is 3. The first kappa shape index (κ1) is 27.7. The Bertz CT molecular complexity index is 1520. The number of carbonyl (C=O) groups is 1. The molecule has 0 unspecified atom stereocenters. The standard InChI is InChI=1S/C28H26F3N7O3/c29-28(30,31)26-22(16-34-35-27(26)40)38-17-20-4-1-2-5-21(20)23(38)18-41-13-3-6-25(39)37-11-9-36(10-12-37)24-8-7-19(14-32)15-33-24/h1-5,7-8,13,15-16,23H,6,9-12,17-18H2,(H,35,40)/b13-3+/t23-/m0/s1. The topological polar surface area (TPSA) is 118 Å². The van der Waals surface area contributed by atoms with Gasteiger partial charge in [0.1, 0.15) is 24.1 Å². The van der Waals surface area contributed by atoms with Gasteiger partial charge in [0.05, 0.1) is 29.8 Å². The molecule has 0 saturated carbocycles. The molecule has 0 aliphatic carbocycles. The fraction of sp³-hybridized carbons (Fsp3) is 0.321. The molecule has 2 aliphatic heterocycles. The van der Waals surface area contributed by atoms with Gasteiger partial charge in [0.25, 0.3) is 5.56 Å². The minimum absolute atomic E-state index is 0.00205. The van der Waals surface area contributed by atoms with E-state index in [9.17, 15) is 22.8 Å². The minimum atomic E-state index is -4.86. The molecule has 4 heterocycles. The van der Waals surface area contributed by atoms with Gasteiger partial charge in [0.15, 0.2) is 0 Å². The van der Waals surface area contributed by atoms with Crippen molar-refractivity contribution in [2.75, 3.05) is 42.6 Å². The number of aromatic amines is 1. The summed E-state index contributed by atoms with van der Waals surface area (Å²) in [4.78, 5) is 34.3. The van der Waals surface area contributed by atoms with Crippen LogP contribution in [0.2, 0.25) is 0 Å². The van der Waals surface area contributed by atoms with Crippen LogP contribution in [0.3, 0.4) is 0 Å². The molecule has 2 aliphatic rings. The van der Waals surface area contributed by atoms with Crippen LogP contribution < -0.4 is 15.4 Å². The number of aromatic nitrogens is 3. The summed E-state index contributed by atoms with van der Waals surface area (Å²) >= 11 is 0. The molecule has 1 amide bonds. The number of anilines is 2. The number of nitrogens with one attached hydrogen (secondary N) is 1. The lowest BCUT2D eigenvalue weighted by Crippen LogP contribution is -2.48. The Morgan fingerprint density at radius 1 is 1.15 bits per heavy atom. The summed E-state index contributed by atoms with van der Waals surface area (Å²) in [6.07, 6.45) is 0.737. The fourth-order valence-corrected chi connectivity index (χ4v) is 5.10. The predicted molar refractivity (Wildman–Crippen MR) is 143 cm³/mol. The molecule has 0 radical (unpaired) electrons. The van der Waals surface area contributed by atoms with Crippen molar-refractivity contribution >= 4 is 17.4 Å². The Labute approximate surface area is 233 Å². The van der Waals surface area contributed by atoms with Crippen LogP contribution in [0, 0.1) is 11.3 Å². The second-order valence-corrected chi connectivity index (χ2v) is 9.59. The Balaban J connectivity index is 1.18. The number of benzene rings is 1. The van der Waals surface area contributed by atoms with E-state index in [2.05, 4.69) is 15.0 Å². The highest BCUT2D eigenvalue weighted by Crippen LogP contribution is 2.42. The Morgan fingerprint density at radius 2 is 1.93 bits per heavy atom. The molecule has 1 fully saturated rings. The zero-order valence-electron chi connectivity index (χ0n) is 21.8. The van der Waals surface area contributed by atoms with Gasteiger partial charge in [-0.2, -0.15) is 23.5 Å². The second-order valence-electron chi connectivity index (χ2n) is 9.59. The van der Waals surface area contributed by atoms with Gasteiger partial charge in [-0.15, -0.1) is 0 Å². The van der Waals surface area contributed by atoms with Gasteiger partial charge in [-0.1, -0.05) is 24.3 Å². The zero-order chi connectivity index (χ0) is 29.0. The molecule has 41 heavy (non-hydrogen) atoms. The van der Waals surface area contributed by atoms with E-state index in [-0.39, 0.29) is 31.2 Å². The van der Waals surface area contributed by atoms with Crippen molar-refractivity contribution < 1.29 is 22.7 Å². The van der Waals surface area contributed by atoms with Crippen LogP contribution in [-0.2, 0) is 22.3 Å². The number of rotatable bonds is 7. The number of nitriles is 1. The molecule has 1 saturated heterocycles. The molecule has 0 bridgehead atoms. The smallest absolute Gasteiger partial charge is 0.423 e. The number of fused-ring (bicyclic) bond motifs is 1. The molecular formula is C28H26F3N7O3. The summed E-state index contributed by atoms with van der Waals surface area (Å²) in [6.45, 7) is 2.42. The highest BCUT2D eigenvalue weighted by molar-refractivity contribution is 5.78. The predicted octanol–water partition coefficient (Wildman–Crippen LogP) is 3.39. The van der Waals surface area contributed by atoms with E-state index in [0.717, 1.165) is 23.1 Å². The summed E-state index contributed by atoms with van der Waals surface area (Å²) in [5.74, 6) is 0.680. The highest BCUT2D eigenvalue weighted by atomic mass is 19.4. The van der Waals surface area contributed by atoms with Gasteiger partial charge in [0, 0.05) is 45.3 Å². The number of nitrogens with zero attached hydrogens (tertiary/aromatic N) is 6. The van der Waals surface area contributed by atoms with Crippen LogP contribution in [-0.4, -0.2) is 58.8 Å². The third kappa shape index (κ3) is 6.01. The van der Waals surface area contributed by atoms with Crippen molar-refractivity contribution in [3.05, 3.63) is 93.7 Å². The maximum Gasteiger partial charge on any atom is 0.423 e. The fourth-order valence-electron chi connectivity index (χ4n) is 5.10. The van der Waals surface area contributed by atoms with Crippen molar-refractivity contribution in [1.82, 2.24) is 20.1 Å². The number of piperazine rings is 1. The first-order valence-electron chi connectivity index (χ1n) is 12.9. The first-order chi connectivity index (χ1) is 19.8. The van der Waals surface area contributed by atoms with Gasteiger partial charge >= 0.3 is 6.18 Å². The average molecular weight is 566 g/mol. The number of hydrogen-bond donors (Lipinski definition) is 1. The van der Waals surface area contributed by atoms with E-state index < -0.39 is 23.3 Å². The van der Waals surface area contributed by atoms with Gasteiger partial charge in [-0.25, -0.2) is 10.1 Å². The Morgan fingerprint density at radius 3 is 2.63 bits per heavy atom. The molecule has 2 aromatic heterocycles. The normalized spacial score (nSPS) is 17.0. The van der Waals surface area contributed by atoms with Crippen molar-refractivity contribution in [1.29, 1.82) is 5.26 Å². The van der Waals surface area contributed by atoms with Crippen molar-refractivity contribution in [3.8, 4) is 6.07 Å². The van der Waals surface area contributed by atoms with Gasteiger partial charge in [0.2, 0.25) is 5.91 Å². The lowest BCUT2D eigenvalue weighted by Gasteiger charge is -2.35. The first-order valence-corrected chi connectivity index (χ1v) is 12.9. The largest absolute Gasteiger partial charge is 0.499 e.